The van der Waals surface area contributed by atoms with E-state index in [2.05, 4.69) is 10.2 Å². The van der Waals surface area contributed by atoms with Gasteiger partial charge in [0.2, 0.25) is 0 Å². The van der Waals surface area contributed by atoms with Gasteiger partial charge in [0.15, 0.2) is 0 Å². The Morgan fingerprint density at radius 3 is 2.31 bits per heavy atom. The molecule has 1 aliphatic heterocycles. The van der Waals surface area contributed by atoms with Crippen molar-refractivity contribution in [3.8, 4) is 0 Å². The number of hydrogen-bond donors (Lipinski definition) is 1. The van der Waals surface area contributed by atoms with Gasteiger partial charge in [-0.3, -0.25) is 14.4 Å². The molecule has 2 atom stereocenters. The summed E-state index contributed by atoms with van der Waals surface area (Å²) in [6.07, 6.45) is -0.652. The van der Waals surface area contributed by atoms with Gasteiger partial charge in [-0.05, 0) is 38.3 Å². The summed E-state index contributed by atoms with van der Waals surface area (Å²) in [6.45, 7) is 5.39. The minimum absolute atomic E-state index is 0.0263. The predicted molar refractivity (Wildman–Crippen MR) is 99.3 cm³/mol. The first-order chi connectivity index (χ1) is 13.6. The van der Waals surface area contributed by atoms with Crippen LogP contribution in [-0.2, 0) is 30.5 Å². The Morgan fingerprint density at radius 2 is 1.72 bits per heavy atom. The standard InChI is InChI=1S/C20H24N2O7/c1-20(2,3)28-18(25)21-15-10-14(15)13-6-4-12(5-7-13)11-27-19(26)29-22-16(23)8-9-17(22)24/h4-7,14-15H,8-11H2,1-3H3,(H,21,25). The van der Waals surface area contributed by atoms with Crippen LogP contribution in [0.3, 0.4) is 0 Å². The third-order valence-electron chi connectivity index (χ3n) is 4.43. The zero-order chi connectivity index (χ0) is 21.2. The van der Waals surface area contributed by atoms with Crippen LogP contribution in [-0.4, -0.2) is 40.8 Å². The highest BCUT2D eigenvalue weighted by Crippen LogP contribution is 2.41. The van der Waals surface area contributed by atoms with E-state index in [4.69, 9.17) is 9.47 Å². The number of benzene rings is 1. The molecule has 0 bridgehead atoms. The Morgan fingerprint density at radius 1 is 1.10 bits per heavy atom. The minimum Gasteiger partial charge on any atom is -0.444 e. The maximum Gasteiger partial charge on any atom is 0.534 e. The molecule has 2 unspecified atom stereocenters. The Bertz CT molecular complexity index is 797. The second-order valence-electron chi connectivity index (χ2n) is 8.05. The molecule has 29 heavy (non-hydrogen) atoms. The maximum atomic E-state index is 11.8. The molecule has 0 radical (unpaired) electrons. The van der Waals surface area contributed by atoms with E-state index in [1.54, 1.807) is 12.1 Å². The van der Waals surface area contributed by atoms with Gasteiger partial charge in [-0.15, -0.1) is 0 Å². The first kappa shape index (κ1) is 20.6. The van der Waals surface area contributed by atoms with E-state index in [9.17, 15) is 19.2 Å². The van der Waals surface area contributed by atoms with E-state index in [1.807, 2.05) is 32.9 Å². The van der Waals surface area contributed by atoms with Gasteiger partial charge in [-0.1, -0.05) is 29.3 Å². The number of carbonyl (C=O) groups excluding carboxylic acids is 4. The van der Waals surface area contributed by atoms with E-state index in [0.717, 1.165) is 17.5 Å². The van der Waals surface area contributed by atoms with Crippen LogP contribution in [0, 0.1) is 0 Å². The highest BCUT2D eigenvalue weighted by Gasteiger charge is 2.40. The summed E-state index contributed by atoms with van der Waals surface area (Å²) >= 11 is 0. The van der Waals surface area contributed by atoms with E-state index in [1.165, 1.54) is 0 Å². The molecule has 2 aliphatic rings. The van der Waals surface area contributed by atoms with Gasteiger partial charge in [0, 0.05) is 24.8 Å². The summed E-state index contributed by atoms with van der Waals surface area (Å²) in [5.74, 6) is -0.903. The summed E-state index contributed by atoms with van der Waals surface area (Å²) in [4.78, 5) is 50.9. The van der Waals surface area contributed by atoms with E-state index < -0.39 is 29.7 Å². The summed E-state index contributed by atoms with van der Waals surface area (Å²) in [5.41, 5.74) is 1.25. The fourth-order valence-electron chi connectivity index (χ4n) is 2.94. The van der Waals surface area contributed by atoms with Crippen LogP contribution >= 0.6 is 0 Å². The van der Waals surface area contributed by atoms with Crippen molar-refractivity contribution in [2.45, 2.75) is 64.2 Å². The maximum absolute atomic E-state index is 11.8. The summed E-state index contributed by atoms with van der Waals surface area (Å²) in [7, 11) is 0. The van der Waals surface area contributed by atoms with E-state index >= 15 is 0 Å². The van der Waals surface area contributed by atoms with Crippen LogP contribution in [0.1, 0.15) is 57.1 Å². The fourth-order valence-corrected chi connectivity index (χ4v) is 2.94. The number of rotatable bonds is 5. The van der Waals surface area contributed by atoms with Crippen LogP contribution in [0.2, 0.25) is 0 Å². The third kappa shape index (κ3) is 5.69. The molecule has 0 spiro atoms. The van der Waals surface area contributed by atoms with Gasteiger partial charge in [0.25, 0.3) is 11.8 Å². The number of hydroxylamine groups is 2. The highest BCUT2D eigenvalue weighted by molar-refractivity contribution is 6.01. The number of alkyl carbamates (subject to hydrolysis) is 1. The average Bonchev–Trinajstić information content (AvgIpc) is 3.32. The summed E-state index contributed by atoms with van der Waals surface area (Å²) in [6, 6.07) is 7.45. The van der Waals surface area contributed by atoms with Crippen molar-refractivity contribution in [1.29, 1.82) is 0 Å². The number of carbonyl (C=O) groups is 4. The molecule has 9 nitrogen and oxygen atoms in total. The largest absolute Gasteiger partial charge is 0.534 e. The van der Waals surface area contributed by atoms with Gasteiger partial charge in [0.1, 0.15) is 12.2 Å². The lowest BCUT2D eigenvalue weighted by atomic mass is 10.1. The number of nitrogens with one attached hydrogen (secondary N) is 1. The molecule has 0 aromatic heterocycles. The van der Waals surface area contributed by atoms with Gasteiger partial charge < -0.3 is 14.8 Å². The monoisotopic (exact) mass is 404 g/mol. The zero-order valence-electron chi connectivity index (χ0n) is 16.6. The number of ether oxygens (including phenoxy) is 2. The quantitative estimate of drug-likeness (QED) is 0.593. The van der Waals surface area contributed by atoms with Crippen molar-refractivity contribution in [3.63, 3.8) is 0 Å². The molecule has 9 heteroatoms. The van der Waals surface area contributed by atoms with Gasteiger partial charge in [-0.2, -0.15) is 0 Å². The van der Waals surface area contributed by atoms with Gasteiger partial charge >= 0.3 is 12.2 Å². The summed E-state index contributed by atoms with van der Waals surface area (Å²) < 4.78 is 10.2. The normalized spacial score (nSPS) is 21.0. The number of nitrogens with zero attached hydrogens (tertiary/aromatic N) is 1. The number of hydrogen-bond acceptors (Lipinski definition) is 7. The van der Waals surface area contributed by atoms with Crippen molar-refractivity contribution >= 4 is 24.1 Å². The predicted octanol–water partition coefficient (Wildman–Crippen LogP) is 2.78. The molecule has 1 aromatic rings. The number of imide groups is 1. The Hall–Kier alpha value is -3.10. The average molecular weight is 404 g/mol. The second-order valence-corrected chi connectivity index (χ2v) is 8.05. The Labute approximate surface area is 168 Å². The molecule has 1 aromatic carbocycles. The summed E-state index contributed by atoms with van der Waals surface area (Å²) in [5, 5.41) is 3.29. The van der Waals surface area contributed by atoms with Crippen LogP contribution in [0.15, 0.2) is 24.3 Å². The SMILES string of the molecule is CC(C)(C)OC(=O)NC1CC1c1ccc(COC(=O)ON2C(=O)CCC2=O)cc1. The van der Waals surface area contributed by atoms with Gasteiger partial charge in [0.05, 0.1) is 0 Å². The molecule has 1 aliphatic carbocycles. The Kier molecular flexibility index (Phi) is 5.76. The highest BCUT2D eigenvalue weighted by atomic mass is 16.8. The first-order valence-corrected chi connectivity index (χ1v) is 9.41. The molecule has 1 heterocycles. The van der Waals surface area contributed by atoms with E-state index in [-0.39, 0.29) is 31.4 Å². The molecule has 156 valence electrons. The molecular formula is C20H24N2O7. The first-order valence-electron chi connectivity index (χ1n) is 9.41. The van der Waals surface area contributed by atoms with Crippen LogP contribution in [0.4, 0.5) is 9.59 Å². The minimum atomic E-state index is -1.11. The molecule has 1 saturated heterocycles. The molecule has 3 rings (SSSR count). The van der Waals surface area contributed by atoms with Crippen molar-refractivity contribution in [2.75, 3.05) is 0 Å². The third-order valence-corrected chi connectivity index (χ3v) is 4.43. The fraction of sp³-hybridized carbons (Fsp3) is 0.500. The lowest BCUT2D eigenvalue weighted by molar-refractivity contribution is -0.177. The Balaban J connectivity index is 1.43. The van der Waals surface area contributed by atoms with Crippen molar-refractivity contribution in [2.24, 2.45) is 0 Å². The van der Waals surface area contributed by atoms with Crippen molar-refractivity contribution in [3.05, 3.63) is 35.4 Å². The molecule has 3 amide bonds. The lowest BCUT2D eigenvalue weighted by Gasteiger charge is -2.19. The molecule has 1 N–H and O–H groups in total. The van der Waals surface area contributed by atoms with Crippen LogP contribution < -0.4 is 5.32 Å². The number of amides is 3. The van der Waals surface area contributed by atoms with Crippen molar-refractivity contribution < 1.29 is 33.5 Å². The van der Waals surface area contributed by atoms with E-state index in [0.29, 0.717) is 5.06 Å². The smallest absolute Gasteiger partial charge is 0.444 e. The molecule has 1 saturated carbocycles. The topological polar surface area (TPSA) is 111 Å². The zero-order valence-corrected chi connectivity index (χ0v) is 16.6. The molecular weight excluding hydrogens is 380 g/mol. The van der Waals surface area contributed by atoms with Crippen LogP contribution in [0.25, 0.3) is 0 Å². The second kappa shape index (κ2) is 8.10. The lowest BCUT2D eigenvalue weighted by Crippen LogP contribution is -2.34. The van der Waals surface area contributed by atoms with Crippen LogP contribution in [0.5, 0.6) is 0 Å². The molecule has 2 fully saturated rings. The van der Waals surface area contributed by atoms with Crippen molar-refractivity contribution in [1.82, 2.24) is 10.4 Å². The van der Waals surface area contributed by atoms with Gasteiger partial charge in [-0.25, -0.2) is 9.59 Å².